The molecule has 0 saturated heterocycles. The summed E-state index contributed by atoms with van der Waals surface area (Å²) < 4.78 is 0. The van der Waals surface area contributed by atoms with Crippen molar-refractivity contribution in [2.75, 3.05) is 0 Å². The van der Waals surface area contributed by atoms with Crippen LogP contribution < -0.4 is 11.5 Å². The Morgan fingerprint density at radius 2 is 1.71 bits per heavy atom. The van der Waals surface area contributed by atoms with E-state index in [0.717, 1.165) is 11.8 Å². The largest absolute Gasteiger partial charge is 0.369 e. The predicted molar refractivity (Wildman–Crippen MR) is 55.2 cm³/mol. The van der Waals surface area contributed by atoms with Crippen LogP contribution in [-0.2, 0) is 0 Å². The number of nitrogens with two attached hydrogens (primary N) is 2. The van der Waals surface area contributed by atoms with Gasteiger partial charge in [0.2, 0.25) is 5.96 Å². The number of nitrogens with zero attached hydrogens (tertiary/aromatic N) is 2. The summed E-state index contributed by atoms with van der Waals surface area (Å²) in [7, 11) is 0. The summed E-state index contributed by atoms with van der Waals surface area (Å²) >= 11 is 0. The van der Waals surface area contributed by atoms with Crippen LogP contribution in [0, 0.1) is 0 Å². The van der Waals surface area contributed by atoms with E-state index < -0.39 is 0 Å². The zero-order chi connectivity index (χ0) is 10.4. The molecule has 0 aliphatic heterocycles. The Bertz CT molecular complexity index is 363. The molecule has 1 rings (SSSR count). The molecule has 0 aliphatic rings. The second-order valence-corrected chi connectivity index (χ2v) is 2.55. The van der Waals surface area contributed by atoms with Crippen molar-refractivity contribution in [2.24, 2.45) is 21.7 Å². The highest BCUT2D eigenvalue weighted by Gasteiger charge is 1.89. The van der Waals surface area contributed by atoms with Gasteiger partial charge in [0.05, 0.1) is 6.21 Å². The van der Waals surface area contributed by atoms with Gasteiger partial charge < -0.3 is 11.5 Å². The quantitative estimate of drug-likeness (QED) is 0.306. The molecule has 1 aromatic carbocycles. The second kappa shape index (κ2) is 4.76. The maximum Gasteiger partial charge on any atom is 0.211 e. The van der Waals surface area contributed by atoms with E-state index in [4.69, 9.17) is 11.5 Å². The topological polar surface area (TPSA) is 93.8 Å². The number of aldehydes is 1. The Hall–Kier alpha value is -2.17. The molecule has 0 atom stereocenters. The summed E-state index contributed by atoms with van der Waals surface area (Å²) in [6.45, 7) is 0. The number of benzene rings is 1. The molecule has 0 radical (unpaired) electrons. The normalized spacial score (nSPS) is 10.0. The van der Waals surface area contributed by atoms with Crippen LogP contribution in [0.3, 0.4) is 0 Å². The fourth-order valence-electron chi connectivity index (χ4n) is 0.823. The summed E-state index contributed by atoms with van der Waals surface area (Å²) in [5, 5.41) is 7.06. The Morgan fingerprint density at radius 3 is 2.21 bits per heavy atom. The number of carbonyl (C=O) groups excluding carboxylic acids is 1. The number of hydrogen-bond donors (Lipinski definition) is 2. The van der Waals surface area contributed by atoms with Crippen LogP contribution in [0.4, 0.5) is 0 Å². The SMILES string of the molecule is NC(N)=NN=Cc1ccc(C=O)cc1. The minimum absolute atomic E-state index is 0.0919. The van der Waals surface area contributed by atoms with Crippen molar-refractivity contribution in [2.45, 2.75) is 0 Å². The third kappa shape index (κ3) is 3.06. The van der Waals surface area contributed by atoms with E-state index in [1.54, 1.807) is 24.3 Å². The minimum atomic E-state index is -0.0919. The van der Waals surface area contributed by atoms with Crippen molar-refractivity contribution in [3.05, 3.63) is 35.4 Å². The molecular weight excluding hydrogens is 180 g/mol. The third-order valence-electron chi connectivity index (χ3n) is 1.45. The molecule has 0 bridgehead atoms. The first-order valence-corrected chi connectivity index (χ1v) is 3.89. The van der Waals surface area contributed by atoms with Crippen LogP contribution in [0.2, 0.25) is 0 Å². The van der Waals surface area contributed by atoms with Gasteiger partial charge in [0.15, 0.2) is 0 Å². The molecule has 0 unspecified atom stereocenters. The number of carbonyl (C=O) groups is 1. The van der Waals surface area contributed by atoms with Crippen LogP contribution in [0.5, 0.6) is 0 Å². The van der Waals surface area contributed by atoms with Crippen LogP contribution in [0.15, 0.2) is 34.5 Å². The van der Waals surface area contributed by atoms with Gasteiger partial charge in [-0.3, -0.25) is 4.79 Å². The van der Waals surface area contributed by atoms with Crippen molar-refractivity contribution >= 4 is 18.5 Å². The lowest BCUT2D eigenvalue weighted by molar-refractivity contribution is 0.112. The Kier molecular flexibility index (Phi) is 3.37. The summed E-state index contributed by atoms with van der Waals surface area (Å²) in [6, 6.07) is 6.86. The summed E-state index contributed by atoms with van der Waals surface area (Å²) in [4.78, 5) is 10.3. The van der Waals surface area contributed by atoms with Crippen molar-refractivity contribution < 1.29 is 4.79 Å². The van der Waals surface area contributed by atoms with E-state index in [-0.39, 0.29) is 5.96 Å². The van der Waals surface area contributed by atoms with Crippen molar-refractivity contribution in [1.29, 1.82) is 0 Å². The van der Waals surface area contributed by atoms with E-state index in [0.29, 0.717) is 5.56 Å². The van der Waals surface area contributed by atoms with Crippen LogP contribution in [0.1, 0.15) is 15.9 Å². The van der Waals surface area contributed by atoms with Crippen molar-refractivity contribution in [1.82, 2.24) is 0 Å². The zero-order valence-electron chi connectivity index (χ0n) is 7.42. The molecule has 14 heavy (non-hydrogen) atoms. The van der Waals surface area contributed by atoms with E-state index in [1.807, 2.05) is 0 Å². The zero-order valence-corrected chi connectivity index (χ0v) is 7.42. The molecule has 0 saturated carbocycles. The lowest BCUT2D eigenvalue weighted by Crippen LogP contribution is -2.21. The van der Waals surface area contributed by atoms with Crippen molar-refractivity contribution in [3.63, 3.8) is 0 Å². The van der Waals surface area contributed by atoms with Gasteiger partial charge in [0, 0.05) is 5.56 Å². The first-order chi connectivity index (χ1) is 6.72. The molecular formula is C9H10N4O. The molecule has 0 heterocycles. The smallest absolute Gasteiger partial charge is 0.211 e. The molecule has 0 aromatic heterocycles. The van der Waals surface area contributed by atoms with E-state index in [1.165, 1.54) is 6.21 Å². The standard InChI is InChI=1S/C9H10N4O/c10-9(11)13-12-5-7-1-3-8(6-14)4-2-7/h1-6H,(H4,10,11,13). The predicted octanol–water partition coefficient (Wildman–Crippen LogP) is 0.106. The highest BCUT2D eigenvalue weighted by Crippen LogP contribution is 1.99. The molecule has 0 spiro atoms. The Balaban J connectivity index is 2.73. The van der Waals surface area contributed by atoms with E-state index in [9.17, 15) is 4.79 Å². The van der Waals surface area contributed by atoms with Crippen LogP contribution in [0.25, 0.3) is 0 Å². The van der Waals surface area contributed by atoms with Gasteiger partial charge in [0.1, 0.15) is 6.29 Å². The third-order valence-corrected chi connectivity index (χ3v) is 1.45. The first kappa shape index (κ1) is 9.91. The maximum atomic E-state index is 10.3. The highest BCUT2D eigenvalue weighted by atomic mass is 16.1. The minimum Gasteiger partial charge on any atom is -0.369 e. The Labute approximate surface area is 81.1 Å². The van der Waals surface area contributed by atoms with E-state index in [2.05, 4.69) is 10.2 Å². The highest BCUT2D eigenvalue weighted by molar-refractivity contribution is 5.83. The average Bonchev–Trinajstić information content (AvgIpc) is 2.18. The van der Waals surface area contributed by atoms with Gasteiger partial charge in [0.25, 0.3) is 0 Å². The fourth-order valence-corrected chi connectivity index (χ4v) is 0.823. The van der Waals surface area contributed by atoms with Gasteiger partial charge in [-0.2, -0.15) is 5.10 Å². The van der Waals surface area contributed by atoms with Gasteiger partial charge in [-0.05, 0) is 5.56 Å². The number of guanidine groups is 1. The second-order valence-electron chi connectivity index (χ2n) is 2.55. The molecule has 0 amide bonds. The monoisotopic (exact) mass is 190 g/mol. The van der Waals surface area contributed by atoms with Gasteiger partial charge in [-0.1, -0.05) is 24.3 Å². The molecule has 0 aliphatic carbocycles. The molecule has 5 nitrogen and oxygen atoms in total. The molecule has 0 fully saturated rings. The van der Waals surface area contributed by atoms with Gasteiger partial charge in [-0.15, -0.1) is 5.10 Å². The van der Waals surface area contributed by atoms with Crippen LogP contribution in [-0.4, -0.2) is 18.5 Å². The number of hydrogen-bond acceptors (Lipinski definition) is 3. The summed E-state index contributed by atoms with van der Waals surface area (Å²) in [6.07, 6.45) is 2.27. The first-order valence-electron chi connectivity index (χ1n) is 3.89. The lowest BCUT2D eigenvalue weighted by Gasteiger charge is -1.91. The van der Waals surface area contributed by atoms with Crippen molar-refractivity contribution in [3.8, 4) is 0 Å². The molecule has 1 aromatic rings. The summed E-state index contributed by atoms with van der Waals surface area (Å²) in [5.74, 6) is -0.0919. The maximum absolute atomic E-state index is 10.3. The average molecular weight is 190 g/mol. The van der Waals surface area contributed by atoms with Gasteiger partial charge in [-0.25, -0.2) is 0 Å². The lowest BCUT2D eigenvalue weighted by atomic mass is 10.2. The van der Waals surface area contributed by atoms with E-state index >= 15 is 0 Å². The van der Waals surface area contributed by atoms with Gasteiger partial charge >= 0.3 is 0 Å². The molecule has 5 heteroatoms. The number of rotatable bonds is 3. The Morgan fingerprint density at radius 1 is 1.14 bits per heavy atom. The summed E-state index contributed by atoms with van der Waals surface area (Å²) in [5.41, 5.74) is 11.6. The molecule has 72 valence electrons. The van der Waals surface area contributed by atoms with Crippen LogP contribution >= 0.6 is 0 Å². The fraction of sp³-hybridized carbons (Fsp3) is 0. The molecule has 4 N–H and O–H groups in total.